The lowest BCUT2D eigenvalue weighted by atomic mass is 10.0. The van der Waals surface area contributed by atoms with Gasteiger partial charge in [-0.15, -0.1) is 0 Å². The molecule has 1 aliphatic rings. The molecule has 174 valence electrons. The van der Waals surface area contributed by atoms with E-state index in [0.717, 1.165) is 29.8 Å². The molecule has 2 atom stereocenters. The number of primary amides is 1. The predicted molar refractivity (Wildman–Crippen MR) is 122 cm³/mol. The third kappa shape index (κ3) is 4.66. The summed E-state index contributed by atoms with van der Waals surface area (Å²) in [4.78, 5) is 27.6. The number of halogens is 1. The first-order chi connectivity index (χ1) is 15.8. The fourth-order valence-electron chi connectivity index (χ4n) is 4.05. The minimum absolute atomic E-state index is 0.0802. The van der Waals surface area contributed by atoms with E-state index in [1.54, 1.807) is 16.9 Å². The second-order valence-corrected chi connectivity index (χ2v) is 8.18. The van der Waals surface area contributed by atoms with Crippen molar-refractivity contribution in [2.75, 3.05) is 10.6 Å². The third-order valence-corrected chi connectivity index (χ3v) is 5.90. The molecule has 0 radical (unpaired) electrons. The molecule has 0 aliphatic heterocycles. The summed E-state index contributed by atoms with van der Waals surface area (Å²) in [7, 11) is 1.81. The van der Waals surface area contributed by atoms with Crippen molar-refractivity contribution in [2.45, 2.75) is 38.3 Å². The molecule has 0 bridgehead atoms. The number of aryl methyl sites for hydroxylation is 1. The van der Waals surface area contributed by atoms with Gasteiger partial charge in [0, 0.05) is 12.4 Å². The summed E-state index contributed by atoms with van der Waals surface area (Å²) < 4.78 is 16.7. The topological polar surface area (TPSA) is 147 Å². The van der Waals surface area contributed by atoms with Crippen LogP contribution >= 0.6 is 0 Å². The number of nitrogens with one attached hydrogen (secondary N) is 3. The van der Waals surface area contributed by atoms with E-state index in [0.29, 0.717) is 12.1 Å². The molecule has 11 heteroatoms. The summed E-state index contributed by atoms with van der Waals surface area (Å²) in [5, 5.41) is 22.9. The Morgan fingerprint density at radius 1 is 1.33 bits per heavy atom. The number of pyridine rings is 1. The molecule has 1 aromatic carbocycles. The van der Waals surface area contributed by atoms with Gasteiger partial charge in [0.05, 0.1) is 35.0 Å². The van der Waals surface area contributed by atoms with Gasteiger partial charge in [0.2, 0.25) is 0 Å². The van der Waals surface area contributed by atoms with Gasteiger partial charge < -0.3 is 26.8 Å². The van der Waals surface area contributed by atoms with Gasteiger partial charge in [-0.05, 0) is 43.4 Å². The monoisotopic (exact) mass is 455 g/mol. The highest BCUT2D eigenvalue weighted by Crippen LogP contribution is 2.37. The molecule has 0 spiro atoms. The Morgan fingerprint density at radius 3 is 2.73 bits per heavy atom. The molecule has 2 amide bonds. The van der Waals surface area contributed by atoms with E-state index in [2.05, 4.69) is 26.0 Å². The van der Waals surface area contributed by atoms with Crippen molar-refractivity contribution in [2.24, 2.45) is 18.7 Å². The van der Waals surface area contributed by atoms with Crippen LogP contribution in [0.2, 0.25) is 0 Å². The molecule has 4 rings (SSSR count). The molecule has 1 fully saturated rings. The lowest BCUT2D eigenvalue weighted by Gasteiger charge is -2.28. The van der Waals surface area contributed by atoms with E-state index < -0.39 is 23.9 Å². The van der Waals surface area contributed by atoms with Gasteiger partial charge in [0.15, 0.2) is 11.6 Å². The molecular formula is C22H26FN7O3. The smallest absolute Gasteiger partial charge is 0.404 e. The van der Waals surface area contributed by atoms with Crippen LogP contribution in [0.1, 0.15) is 36.5 Å². The van der Waals surface area contributed by atoms with Gasteiger partial charge in [-0.3, -0.25) is 9.48 Å². The predicted octanol–water partition coefficient (Wildman–Crippen LogP) is 3.19. The van der Waals surface area contributed by atoms with Crippen LogP contribution in [-0.4, -0.2) is 44.0 Å². The number of nitrogens with two attached hydrogens (primary N) is 1. The molecular weight excluding hydrogens is 429 g/mol. The molecule has 0 unspecified atom stereocenters. The van der Waals surface area contributed by atoms with Crippen molar-refractivity contribution < 1.29 is 19.1 Å². The van der Waals surface area contributed by atoms with E-state index in [1.807, 2.05) is 26.1 Å². The Kier molecular flexibility index (Phi) is 6.03. The number of nitrogens with zero attached hydrogens (tertiary/aromatic N) is 3. The van der Waals surface area contributed by atoms with Gasteiger partial charge in [-0.1, -0.05) is 13.0 Å². The largest absolute Gasteiger partial charge is 0.465 e. The van der Waals surface area contributed by atoms with Crippen molar-refractivity contribution in [3.05, 3.63) is 41.8 Å². The van der Waals surface area contributed by atoms with Crippen LogP contribution in [-0.2, 0) is 7.05 Å². The van der Waals surface area contributed by atoms with Gasteiger partial charge in [-0.25, -0.2) is 14.2 Å². The number of carboxylic acid groups (broad SMARTS) is 1. The second kappa shape index (κ2) is 8.93. The minimum atomic E-state index is -1.14. The van der Waals surface area contributed by atoms with Crippen LogP contribution < -0.4 is 21.7 Å². The van der Waals surface area contributed by atoms with E-state index in [9.17, 15) is 19.1 Å². The molecule has 2 heterocycles. The number of rotatable bonds is 9. The van der Waals surface area contributed by atoms with Gasteiger partial charge in [-0.2, -0.15) is 5.10 Å². The van der Waals surface area contributed by atoms with Gasteiger partial charge >= 0.3 is 6.09 Å². The Morgan fingerprint density at radius 2 is 2.09 bits per heavy atom. The number of hydrogen-bond donors (Lipinski definition) is 5. The van der Waals surface area contributed by atoms with Crippen LogP contribution in [0.25, 0.3) is 10.9 Å². The lowest BCUT2D eigenvalue weighted by molar-refractivity contribution is 0.100. The number of benzene rings is 1. The SMILES string of the molecule is CC[C@H](NC(=O)O)[C@H](Nc1nc(Nc2cccc3c2cnn3C)c(C(N)=O)cc1F)C1CC1. The zero-order valence-electron chi connectivity index (χ0n) is 18.3. The maximum absolute atomic E-state index is 14.9. The summed E-state index contributed by atoms with van der Waals surface area (Å²) in [5.41, 5.74) is 6.88. The highest BCUT2D eigenvalue weighted by molar-refractivity contribution is 6.00. The highest BCUT2D eigenvalue weighted by atomic mass is 19.1. The normalized spacial score (nSPS) is 15.1. The van der Waals surface area contributed by atoms with E-state index in [-0.39, 0.29) is 29.2 Å². The van der Waals surface area contributed by atoms with Crippen molar-refractivity contribution in [1.29, 1.82) is 0 Å². The Bertz CT molecular complexity index is 1210. The standard InChI is InChI=1S/C22H26FN7O3/c1-3-15(27-22(32)33)18(11-7-8-11)28-21-14(23)9-12(19(24)31)20(29-21)26-16-5-4-6-17-13(16)10-25-30(17)2/h4-6,9-11,15,18,27H,3,7-8H2,1-2H3,(H2,24,31)(H,32,33)(H2,26,28,29)/t15-,18+/m0/s1. The molecule has 1 aliphatic carbocycles. The molecule has 33 heavy (non-hydrogen) atoms. The van der Waals surface area contributed by atoms with Crippen LogP contribution in [0, 0.1) is 11.7 Å². The first-order valence-corrected chi connectivity index (χ1v) is 10.7. The maximum Gasteiger partial charge on any atom is 0.404 e. The quantitative estimate of drug-likeness (QED) is 0.333. The van der Waals surface area contributed by atoms with E-state index >= 15 is 0 Å². The fourth-order valence-corrected chi connectivity index (χ4v) is 4.05. The summed E-state index contributed by atoms with van der Waals surface area (Å²) >= 11 is 0. The Balaban J connectivity index is 1.70. The number of amides is 2. The van der Waals surface area contributed by atoms with Crippen LogP contribution in [0.5, 0.6) is 0 Å². The average Bonchev–Trinajstić information content (AvgIpc) is 3.54. The number of aromatic nitrogens is 3. The van der Waals surface area contributed by atoms with Crippen molar-refractivity contribution in [3.8, 4) is 0 Å². The minimum Gasteiger partial charge on any atom is -0.465 e. The number of hydrogen-bond acceptors (Lipinski definition) is 6. The van der Waals surface area contributed by atoms with Crippen molar-refractivity contribution >= 4 is 40.2 Å². The summed E-state index contributed by atoms with van der Waals surface area (Å²) in [6.07, 6.45) is 2.88. The van der Waals surface area contributed by atoms with E-state index in [4.69, 9.17) is 5.73 Å². The molecule has 6 N–H and O–H groups in total. The third-order valence-electron chi connectivity index (χ3n) is 5.90. The zero-order valence-corrected chi connectivity index (χ0v) is 18.3. The van der Waals surface area contributed by atoms with Crippen LogP contribution in [0.15, 0.2) is 30.5 Å². The summed E-state index contributed by atoms with van der Waals surface area (Å²) in [5.74, 6) is -1.37. The maximum atomic E-state index is 14.9. The Hall–Kier alpha value is -3.89. The second-order valence-electron chi connectivity index (χ2n) is 8.18. The van der Waals surface area contributed by atoms with Gasteiger partial charge in [0.1, 0.15) is 5.82 Å². The average molecular weight is 455 g/mol. The van der Waals surface area contributed by atoms with Crippen LogP contribution in [0.3, 0.4) is 0 Å². The first kappa shape index (κ1) is 22.3. The number of anilines is 3. The lowest BCUT2D eigenvalue weighted by Crippen LogP contribution is -2.47. The summed E-state index contributed by atoms with van der Waals surface area (Å²) in [6, 6.07) is 5.79. The number of carbonyl (C=O) groups excluding carboxylic acids is 1. The van der Waals surface area contributed by atoms with Crippen LogP contribution in [0.4, 0.5) is 26.5 Å². The van der Waals surface area contributed by atoms with E-state index in [1.165, 1.54) is 0 Å². The fraction of sp³-hybridized carbons (Fsp3) is 0.364. The van der Waals surface area contributed by atoms with Crippen molar-refractivity contribution in [3.63, 3.8) is 0 Å². The number of carbonyl (C=O) groups is 2. The zero-order chi connectivity index (χ0) is 23.7. The summed E-state index contributed by atoms with van der Waals surface area (Å²) in [6.45, 7) is 1.86. The number of fused-ring (bicyclic) bond motifs is 1. The molecule has 2 aromatic heterocycles. The molecule has 1 saturated carbocycles. The molecule has 10 nitrogen and oxygen atoms in total. The van der Waals surface area contributed by atoms with Crippen molar-refractivity contribution in [1.82, 2.24) is 20.1 Å². The van der Waals surface area contributed by atoms with Gasteiger partial charge in [0.25, 0.3) is 5.91 Å². The molecule has 3 aromatic rings. The highest BCUT2D eigenvalue weighted by Gasteiger charge is 2.37. The first-order valence-electron chi connectivity index (χ1n) is 10.7. The Labute approximate surface area is 189 Å². The molecule has 0 saturated heterocycles.